The highest BCUT2D eigenvalue weighted by atomic mass is 16.5. The van der Waals surface area contributed by atoms with Crippen LogP contribution in [-0.2, 0) is 4.74 Å². The summed E-state index contributed by atoms with van der Waals surface area (Å²) >= 11 is 0. The van der Waals surface area contributed by atoms with E-state index in [1.165, 1.54) is 38.5 Å². The molecule has 0 spiro atoms. The van der Waals surface area contributed by atoms with Crippen molar-refractivity contribution in [1.82, 2.24) is 0 Å². The zero-order valence-corrected chi connectivity index (χ0v) is 13.7. The lowest BCUT2D eigenvalue weighted by molar-refractivity contribution is -0.129. The van der Waals surface area contributed by atoms with E-state index in [1.54, 1.807) is 0 Å². The molecule has 0 saturated heterocycles. The second-order valence-electron chi connectivity index (χ2n) is 5.85. The van der Waals surface area contributed by atoms with Gasteiger partial charge in [-0.2, -0.15) is 0 Å². The minimum absolute atomic E-state index is 0.104. The Bertz CT molecular complexity index is 239. The van der Waals surface area contributed by atoms with Crippen LogP contribution in [0.4, 0.5) is 0 Å². The van der Waals surface area contributed by atoms with Crippen molar-refractivity contribution >= 4 is 0 Å². The van der Waals surface area contributed by atoms with Crippen LogP contribution >= 0.6 is 0 Å². The number of aliphatic hydroxyl groups is 5. The number of hydrogen-bond acceptors (Lipinski definition) is 6. The van der Waals surface area contributed by atoms with Crippen molar-refractivity contribution in [3.8, 4) is 0 Å². The molecule has 0 aliphatic rings. The van der Waals surface area contributed by atoms with Gasteiger partial charge in [-0.1, -0.05) is 51.9 Å². The van der Waals surface area contributed by atoms with E-state index in [4.69, 9.17) is 9.84 Å². The van der Waals surface area contributed by atoms with Crippen LogP contribution in [0.25, 0.3) is 0 Å². The lowest BCUT2D eigenvalue weighted by Crippen LogP contribution is -2.47. The van der Waals surface area contributed by atoms with Crippen LogP contribution in [-0.4, -0.2) is 69.8 Å². The van der Waals surface area contributed by atoms with Gasteiger partial charge in [0.25, 0.3) is 0 Å². The molecular formula is C16H34O6. The number of hydrogen-bond donors (Lipinski definition) is 5. The van der Waals surface area contributed by atoms with Crippen LogP contribution < -0.4 is 0 Å². The van der Waals surface area contributed by atoms with Gasteiger partial charge in [0, 0.05) is 6.61 Å². The Labute approximate surface area is 133 Å². The molecule has 0 aliphatic carbocycles. The van der Waals surface area contributed by atoms with E-state index in [0.717, 1.165) is 12.8 Å². The maximum absolute atomic E-state index is 9.63. The fourth-order valence-corrected chi connectivity index (χ4v) is 2.20. The number of ether oxygens (including phenoxy) is 1. The van der Waals surface area contributed by atoms with Gasteiger partial charge in [0.2, 0.25) is 0 Å². The molecule has 0 rings (SSSR count). The van der Waals surface area contributed by atoms with Crippen molar-refractivity contribution in [2.75, 3.05) is 19.8 Å². The van der Waals surface area contributed by atoms with Gasteiger partial charge < -0.3 is 30.3 Å². The fraction of sp³-hybridized carbons (Fsp3) is 1.00. The van der Waals surface area contributed by atoms with E-state index in [-0.39, 0.29) is 6.61 Å². The summed E-state index contributed by atoms with van der Waals surface area (Å²) in [5, 5.41) is 46.5. The Morgan fingerprint density at radius 3 is 1.77 bits per heavy atom. The monoisotopic (exact) mass is 322 g/mol. The van der Waals surface area contributed by atoms with Gasteiger partial charge in [0.1, 0.15) is 24.4 Å². The Morgan fingerprint density at radius 1 is 0.727 bits per heavy atom. The second kappa shape index (κ2) is 14.4. The van der Waals surface area contributed by atoms with Gasteiger partial charge in [-0.25, -0.2) is 0 Å². The number of rotatable bonds is 15. The van der Waals surface area contributed by atoms with Crippen molar-refractivity contribution in [2.45, 2.75) is 82.7 Å². The molecule has 4 atom stereocenters. The van der Waals surface area contributed by atoms with Gasteiger partial charge in [-0.3, -0.25) is 0 Å². The van der Waals surface area contributed by atoms with Crippen LogP contribution in [0.5, 0.6) is 0 Å². The topological polar surface area (TPSA) is 110 Å². The van der Waals surface area contributed by atoms with Gasteiger partial charge in [-0.15, -0.1) is 0 Å². The smallest absolute Gasteiger partial charge is 0.111 e. The van der Waals surface area contributed by atoms with Crippen LogP contribution in [0.3, 0.4) is 0 Å². The molecule has 22 heavy (non-hydrogen) atoms. The van der Waals surface area contributed by atoms with Crippen molar-refractivity contribution in [1.29, 1.82) is 0 Å². The van der Waals surface area contributed by atoms with Crippen LogP contribution in [0.2, 0.25) is 0 Å². The first kappa shape index (κ1) is 21.8. The third-order valence-electron chi connectivity index (χ3n) is 3.76. The first-order valence-corrected chi connectivity index (χ1v) is 8.45. The van der Waals surface area contributed by atoms with Crippen molar-refractivity contribution in [3.63, 3.8) is 0 Å². The van der Waals surface area contributed by atoms with E-state index in [2.05, 4.69) is 6.92 Å². The van der Waals surface area contributed by atoms with E-state index < -0.39 is 31.0 Å². The van der Waals surface area contributed by atoms with E-state index in [0.29, 0.717) is 6.61 Å². The molecule has 0 radical (unpaired) electrons. The molecule has 0 heterocycles. The normalized spacial score (nSPS) is 17.2. The Morgan fingerprint density at radius 2 is 1.23 bits per heavy atom. The van der Waals surface area contributed by atoms with Gasteiger partial charge in [0.05, 0.1) is 13.2 Å². The third kappa shape index (κ3) is 10.5. The minimum Gasteiger partial charge on any atom is -0.394 e. The Balaban J connectivity index is 3.50. The molecular weight excluding hydrogens is 288 g/mol. The first-order valence-electron chi connectivity index (χ1n) is 8.45. The lowest BCUT2D eigenvalue weighted by atomic mass is 10.0. The Hall–Kier alpha value is -0.240. The fourth-order valence-electron chi connectivity index (χ4n) is 2.20. The zero-order valence-electron chi connectivity index (χ0n) is 13.7. The summed E-state index contributed by atoms with van der Waals surface area (Å²) in [7, 11) is 0. The van der Waals surface area contributed by atoms with Crippen LogP contribution in [0.15, 0.2) is 0 Å². The molecule has 5 N–H and O–H groups in total. The van der Waals surface area contributed by atoms with E-state index >= 15 is 0 Å². The zero-order chi connectivity index (χ0) is 16.8. The number of unbranched alkanes of at least 4 members (excludes halogenated alkanes) is 7. The molecule has 6 heteroatoms. The minimum atomic E-state index is -1.59. The second-order valence-corrected chi connectivity index (χ2v) is 5.85. The van der Waals surface area contributed by atoms with Crippen molar-refractivity contribution in [2.24, 2.45) is 0 Å². The molecule has 134 valence electrons. The molecule has 0 saturated carbocycles. The Kier molecular flexibility index (Phi) is 14.2. The van der Waals surface area contributed by atoms with Crippen LogP contribution in [0.1, 0.15) is 58.3 Å². The third-order valence-corrected chi connectivity index (χ3v) is 3.76. The summed E-state index contributed by atoms with van der Waals surface area (Å²) in [5.74, 6) is 0. The predicted molar refractivity (Wildman–Crippen MR) is 84.5 cm³/mol. The maximum Gasteiger partial charge on any atom is 0.111 e. The molecule has 0 amide bonds. The first-order chi connectivity index (χ1) is 10.5. The standard InChI is InChI=1S/C16H34O6/c1-2-3-4-5-6-7-8-9-10-22-12-14(19)16(21)15(20)13(18)11-17/h13-21H,2-12H2,1H3/t13-,14-,15-,16-/m1/s1. The molecule has 0 aromatic carbocycles. The summed E-state index contributed by atoms with van der Waals surface area (Å²) in [5.41, 5.74) is 0. The molecule has 0 unspecified atom stereocenters. The summed E-state index contributed by atoms with van der Waals surface area (Å²) in [6, 6.07) is 0. The molecule has 0 fully saturated rings. The summed E-state index contributed by atoms with van der Waals surface area (Å²) < 4.78 is 5.26. The molecule has 0 aliphatic heterocycles. The van der Waals surface area contributed by atoms with Gasteiger partial charge in [-0.05, 0) is 6.42 Å². The van der Waals surface area contributed by atoms with Gasteiger partial charge in [0.15, 0.2) is 0 Å². The van der Waals surface area contributed by atoms with E-state index in [1.807, 2.05) is 0 Å². The number of aliphatic hydroxyl groups excluding tert-OH is 5. The maximum atomic E-state index is 9.63. The van der Waals surface area contributed by atoms with Gasteiger partial charge >= 0.3 is 0 Å². The summed E-state index contributed by atoms with van der Waals surface area (Å²) in [4.78, 5) is 0. The SMILES string of the molecule is CCCCCCCCCCOC[C@@H](O)[C@@H](O)[C@H](O)[C@H](O)CO. The largest absolute Gasteiger partial charge is 0.394 e. The lowest BCUT2D eigenvalue weighted by Gasteiger charge is -2.25. The molecule has 6 nitrogen and oxygen atoms in total. The highest BCUT2D eigenvalue weighted by molar-refractivity contribution is 4.80. The molecule has 0 aromatic heterocycles. The van der Waals surface area contributed by atoms with Crippen LogP contribution in [0, 0.1) is 0 Å². The van der Waals surface area contributed by atoms with Crippen molar-refractivity contribution < 1.29 is 30.3 Å². The summed E-state index contributed by atoms with van der Waals surface area (Å²) in [6.07, 6.45) is 3.66. The summed E-state index contributed by atoms with van der Waals surface area (Å²) in [6.45, 7) is 1.92. The quantitative estimate of drug-likeness (QED) is 0.282. The predicted octanol–water partition coefficient (Wildman–Crippen LogP) is 0.580. The average molecular weight is 322 g/mol. The molecule has 0 bridgehead atoms. The highest BCUT2D eigenvalue weighted by Gasteiger charge is 2.29. The van der Waals surface area contributed by atoms with Crippen molar-refractivity contribution in [3.05, 3.63) is 0 Å². The van der Waals surface area contributed by atoms with E-state index in [9.17, 15) is 20.4 Å². The highest BCUT2D eigenvalue weighted by Crippen LogP contribution is 2.09. The average Bonchev–Trinajstić information content (AvgIpc) is 2.54. The molecule has 0 aromatic rings.